The highest BCUT2D eigenvalue weighted by Crippen LogP contribution is 2.16. The summed E-state index contributed by atoms with van der Waals surface area (Å²) in [5.74, 6) is 5.31. The van der Waals surface area contributed by atoms with E-state index >= 15 is 0 Å². The van der Waals surface area contributed by atoms with E-state index in [2.05, 4.69) is 15.4 Å². The molecule has 0 bridgehead atoms. The molecule has 0 unspecified atom stereocenters. The van der Waals surface area contributed by atoms with Gasteiger partial charge in [-0.1, -0.05) is 29.8 Å². The Kier molecular flexibility index (Phi) is 4.51. The molecule has 1 aromatic heterocycles. The van der Waals surface area contributed by atoms with Crippen LogP contribution in [0.25, 0.3) is 0 Å². The van der Waals surface area contributed by atoms with Crippen LogP contribution < -0.4 is 11.3 Å². The summed E-state index contributed by atoms with van der Waals surface area (Å²) in [6, 6.07) is 7.70. The molecule has 0 aliphatic heterocycles. The maximum atomic E-state index is 12.4. The summed E-state index contributed by atoms with van der Waals surface area (Å²) in [5, 5.41) is 0. The summed E-state index contributed by atoms with van der Waals surface area (Å²) >= 11 is 0. The second-order valence-electron chi connectivity index (χ2n) is 4.64. The van der Waals surface area contributed by atoms with E-state index in [4.69, 9.17) is 5.84 Å². The lowest BCUT2D eigenvalue weighted by Crippen LogP contribution is -2.27. The summed E-state index contributed by atoms with van der Waals surface area (Å²) in [7, 11) is -2.11. The number of hydrogen-bond acceptors (Lipinski definition) is 6. The number of hydrazine groups is 1. The normalized spacial score (nSPS) is 11.6. The summed E-state index contributed by atoms with van der Waals surface area (Å²) in [6.07, 6.45) is 2.45. The van der Waals surface area contributed by atoms with E-state index in [0.717, 1.165) is 11.1 Å². The molecule has 0 radical (unpaired) electrons. The zero-order chi connectivity index (χ0) is 15.5. The average Bonchev–Trinajstić information content (AvgIpc) is 2.47. The Morgan fingerprint density at radius 1 is 1.29 bits per heavy atom. The monoisotopic (exact) mass is 307 g/mol. The van der Waals surface area contributed by atoms with Gasteiger partial charge in [0.15, 0.2) is 0 Å². The highest BCUT2D eigenvalue weighted by Gasteiger charge is 2.21. The van der Waals surface area contributed by atoms with E-state index in [9.17, 15) is 8.42 Å². The number of aryl methyl sites for hydroxylation is 1. The molecule has 21 heavy (non-hydrogen) atoms. The lowest BCUT2D eigenvalue weighted by Gasteiger charge is -2.17. The minimum Gasteiger partial charge on any atom is -0.292 e. The van der Waals surface area contributed by atoms with Crippen molar-refractivity contribution in [1.82, 2.24) is 14.3 Å². The minimum absolute atomic E-state index is 0.0247. The number of benzene rings is 1. The molecule has 0 aliphatic carbocycles. The zero-order valence-electron chi connectivity index (χ0n) is 11.8. The zero-order valence-corrected chi connectivity index (χ0v) is 12.6. The first-order valence-corrected chi connectivity index (χ1v) is 7.68. The van der Waals surface area contributed by atoms with Crippen LogP contribution in [0.1, 0.15) is 11.1 Å². The van der Waals surface area contributed by atoms with Gasteiger partial charge in [-0.3, -0.25) is 5.43 Å². The van der Waals surface area contributed by atoms with Gasteiger partial charge in [-0.25, -0.2) is 24.2 Å². The number of nitrogens with zero attached hydrogens (tertiary/aromatic N) is 3. The molecule has 112 valence electrons. The largest absolute Gasteiger partial charge is 0.292 e. The molecule has 0 spiro atoms. The third-order valence-corrected chi connectivity index (χ3v) is 4.71. The summed E-state index contributed by atoms with van der Waals surface area (Å²) in [4.78, 5) is 7.65. The highest BCUT2D eigenvalue weighted by molar-refractivity contribution is 7.89. The smallest absolute Gasteiger partial charge is 0.246 e. The van der Waals surface area contributed by atoms with Gasteiger partial charge >= 0.3 is 0 Å². The molecular weight excluding hydrogens is 290 g/mol. The number of anilines is 1. The molecule has 8 heteroatoms. The van der Waals surface area contributed by atoms with Crippen molar-refractivity contribution in [2.45, 2.75) is 18.4 Å². The maximum Gasteiger partial charge on any atom is 0.246 e. The van der Waals surface area contributed by atoms with Gasteiger partial charge in [-0.2, -0.15) is 4.31 Å². The minimum atomic E-state index is -3.64. The van der Waals surface area contributed by atoms with Crippen LogP contribution in [-0.2, 0) is 16.6 Å². The van der Waals surface area contributed by atoms with Crippen LogP contribution in [0.5, 0.6) is 0 Å². The third-order valence-electron chi connectivity index (χ3n) is 2.95. The van der Waals surface area contributed by atoms with Gasteiger partial charge in [-0.15, -0.1) is 0 Å². The van der Waals surface area contributed by atoms with Crippen LogP contribution >= 0.6 is 0 Å². The van der Waals surface area contributed by atoms with E-state index in [1.807, 2.05) is 31.2 Å². The lowest BCUT2D eigenvalue weighted by molar-refractivity contribution is 0.466. The van der Waals surface area contributed by atoms with Gasteiger partial charge in [0.2, 0.25) is 16.0 Å². The standard InChI is InChI=1S/C13H17N5O2S/c1-10-4-3-5-11(6-10)9-18(2)21(19,20)12-7-15-13(17-14)16-8-12/h3-8H,9,14H2,1-2H3,(H,15,16,17). The van der Waals surface area contributed by atoms with Crippen LogP contribution in [0, 0.1) is 6.92 Å². The molecule has 0 aliphatic rings. The first-order valence-electron chi connectivity index (χ1n) is 6.24. The maximum absolute atomic E-state index is 12.4. The Morgan fingerprint density at radius 3 is 2.52 bits per heavy atom. The average molecular weight is 307 g/mol. The van der Waals surface area contributed by atoms with Gasteiger partial charge in [0.1, 0.15) is 4.90 Å². The number of hydrogen-bond donors (Lipinski definition) is 2. The first-order chi connectivity index (χ1) is 9.93. The van der Waals surface area contributed by atoms with Crippen LogP contribution in [0.15, 0.2) is 41.6 Å². The summed E-state index contributed by atoms with van der Waals surface area (Å²) in [6.45, 7) is 2.24. The summed E-state index contributed by atoms with van der Waals surface area (Å²) < 4.78 is 26.1. The first kappa shape index (κ1) is 15.4. The molecule has 0 atom stereocenters. The second-order valence-corrected chi connectivity index (χ2v) is 6.68. The second kappa shape index (κ2) is 6.17. The molecule has 0 fully saturated rings. The topological polar surface area (TPSA) is 101 Å². The molecule has 2 rings (SSSR count). The van der Waals surface area contributed by atoms with Crippen molar-refractivity contribution in [2.24, 2.45) is 5.84 Å². The van der Waals surface area contributed by atoms with Crippen LogP contribution in [0.3, 0.4) is 0 Å². The molecule has 7 nitrogen and oxygen atoms in total. The van der Waals surface area contributed by atoms with E-state index < -0.39 is 10.0 Å². The highest BCUT2D eigenvalue weighted by atomic mass is 32.2. The van der Waals surface area contributed by atoms with Crippen molar-refractivity contribution in [3.8, 4) is 0 Å². The van der Waals surface area contributed by atoms with Crippen molar-refractivity contribution in [3.63, 3.8) is 0 Å². The molecule has 0 saturated heterocycles. The Balaban J connectivity index is 2.21. The third kappa shape index (κ3) is 3.54. The number of nitrogens with two attached hydrogens (primary N) is 1. The molecule has 1 heterocycles. The quantitative estimate of drug-likeness (QED) is 0.628. The Morgan fingerprint density at radius 2 is 1.95 bits per heavy atom. The fraction of sp³-hybridized carbons (Fsp3) is 0.231. The predicted molar refractivity (Wildman–Crippen MR) is 79.7 cm³/mol. The van der Waals surface area contributed by atoms with Gasteiger partial charge in [0, 0.05) is 13.6 Å². The number of nitrogen functional groups attached to an aromatic ring is 1. The number of nitrogens with one attached hydrogen (secondary N) is 1. The van der Waals surface area contributed by atoms with Gasteiger partial charge in [0.25, 0.3) is 0 Å². The predicted octanol–water partition coefficient (Wildman–Crippen LogP) is 0.891. The molecule has 2 aromatic rings. The van der Waals surface area contributed by atoms with Crippen molar-refractivity contribution in [2.75, 3.05) is 12.5 Å². The Bertz CT molecular complexity index is 716. The van der Waals surface area contributed by atoms with Crippen molar-refractivity contribution >= 4 is 16.0 Å². The van der Waals surface area contributed by atoms with Crippen LogP contribution in [0.2, 0.25) is 0 Å². The van der Waals surface area contributed by atoms with E-state index in [-0.39, 0.29) is 17.4 Å². The summed E-state index contributed by atoms with van der Waals surface area (Å²) in [5.41, 5.74) is 4.25. The SMILES string of the molecule is Cc1cccc(CN(C)S(=O)(=O)c2cnc(NN)nc2)c1. The fourth-order valence-corrected chi connectivity index (χ4v) is 2.91. The molecule has 0 amide bonds. The number of sulfonamides is 1. The van der Waals surface area contributed by atoms with Crippen LogP contribution in [-0.4, -0.2) is 29.7 Å². The van der Waals surface area contributed by atoms with E-state index in [1.165, 1.54) is 23.7 Å². The van der Waals surface area contributed by atoms with E-state index in [1.54, 1.807) is 0 Å². The fourth-order valence-electron chi connectivity index (χ4n) is 1.86. The van der Waals surface area contributed by atoms with E-state index in [0.29, 0.717) is 0 Å². The van der Waals surface area contributed by atoms with Crippen molar-refractivity contribution in [3.05, 3.63) is 47.8 Å². The van der Waals surface area contributed by atoms with Gasteiger partial charge < -0.3 is 0 Å². The molecular formula is C13H17N5O2S. The van der Waals surface area contributed by atoms with Crippen molar-refractivity contribution in [1.29, 1.82) is 0 Å². The number of rotatable bonds is 5. The lowest BCUT2D eigenvalue weighted by atomic mass is 10.1. The Hall–Kier alpha value is -2.03. The molecule has 3 N–H and O–H groups in total. The van der Waals surface area contributed by atoms with Crippen molar-refractivity contribution < 1.29 is 8.42 Å². The van der Waals surface area contributed by atoms with Gasteiger partial charge in [0.05, 0.1) is 12.4 Å². The molecule has 1 aromatic carbocycles. The Labute approximate surface area is 123 Å². The van der Waals surface area contributed by atoms with Crippen LogP contribution in [0.4, 0.5) is 5.95 Å². The molecule has 0 saturated carbocycles. The number of aromatic nitrogens is 2. The van der Waals surface area contributed by atoms with Gasteiger partial charge in [-0.05, 0) is 12.5 Å².